The SMILES string of the molecule is C[C@H](NC(=O)OC(C)(C)C)[C@@H](O)C(O)C(=O)c1ccccc1. The summed E-state index contributed by atoms with van der Waals surface area (Å²) in [4.78, 5) is 23.7. The molecule has 3 atom stereocenters. The number of hydrogen-bond acceptors (Lipinski definition) is 5. The van der Waals surface area contributed by atoms with Crippen molar-refractivity contribution in [3.63, 3.8) is 0 Å². The highest BCUT2D eigenvalue weighted by Gasteiger charge is 2.31. The molecule has 122 valence electrons. The number of benzene rings is 1. The van der Waals surface area contributed by atoms with Crippen LogP contribution in [0, 0.1) is 0 Å². The van der Waals surface area contributed by atoms with Crippen molar-refractivity contribution in [2.45, 2.75) is 51.5 Å². The zero-order valence-electron chi connectivity index (χ0n) is 13.2. The van der Waals surface area contributed by atoms with Gasteiger partial charge in [-0.1, -0.05) is 30.3 Å². The molecule has 22 heavy (non-hydrogen) atoms. The Hall–Kier alpha value is -1.92. The van der Waals surface area contributed by atoms with E-state index in [1.807, 2.05) is 0 Å². The third-order valence-electron chi connectivity index (χ3n) is 2.91. The van der Waals surface area contributed by atoms with Crippen LogP contribution >= 0.6 is 0 Å². The first-order chi connectivity index (χ1) is 10.1. The molecule has 0 fully saturated rings. The van der Waals surface area contributed by atoms with E-state index in [2.05, 4.69) is 5.32 Å². The van der Waals surface area contributed by atoms with Gasteiger partial charge >= 0.3 is 6.09 Å². The van der Waals surface area contributed by atoms with Crippen LogP contribution in [0.3, 0.4) is 0 Å². The standard InChI is InChI=1S/C16H23NO5/c1-10(17-15(21)22-16(2,3)4)12(18)14(20)13(19)11-8-6-5-7-9-11/h5-10,12,14,18,20H,1-4H3,(H,17,21)/t10-,12+,14?/m0/s1. The molecule has 0 heterocycles. The van der Waals surface area contributed by atoms with E-state index >= 15 is 0 Å². The van der Waals surface area contributed by atoms with Gasteiger partial charge in [-0.2, -0.15) is 0 Å². The highest BCUT2D eigenvalue weighted by Crippen LogP contribution is 2.11. The average Bonchev–Trinajstić information content (AvgIpc) is 2.43. The van der Waals surface area contributed by atoms with E-state index in [1.165, 1.54) is 6.92 Å². The van der Waals surface area contributed by atoms with Crippen LogP contribution in [0.15, 0.2) is 30.3 Å². The predicted molar refractivity (Wildman–Crippen MR) is 81.6 cm³/mol. The Kier molecular flexibility index (Phi) is 6.08. The summed E-state index contributed by atoms with van der Waals surface area (Å²) in [5.74, 6) is -0.606. The van der Waals surface area contributed by atoms with Crippen LogP contribution < -0.4 is 5.32 Å². The van der Waals surface area contributed by atoms with Gasteiger partial charge in [0.2, 0.25) is 0 Å². The number of carbonyl (C=O) groups is 2. The molecule has 0 aliphatic carbocycles. The van der Waals surface area contributed by atoms with E-state index in [0.717, 1.165) is 0 Å². The zero-order chi connectivity index (χ0) is 16.9. The third-order valence-corrected chi connectivity index (χ3v) is 2.91. The summed E-state index contributed by atoms with van der Waals surface area (Å²) in [6, 6.07) is 7.31. The second-order valence-electron chi connectivity index (χ2n) is 6.10. The number of ketones is 1. The molecule has 0 aliphatic rings. The second kappa shape index (κ2) is 7.38. The fraction of sp³-hybridized carbons (Fsp3) is 0.500. The fourth-order valence-corrected chi connectivity index (χ4v) is 1.78. The summed E-state index contributed by atoms with van der Waals surface area (Å²) in [5.41, 5.74) is -0.383. The normalized spacial score (nSPS) is 15.5. The van der Waals surface area contributed by atoms with Crippen LogP contribution in [0.1, 0.15) is 38.1 Å². The lowest BCUT2D eigenvalue weighted by molar-refractivity contribution is 0.00119. The smallest absolute Gasteiger partial charge is 0.407 e. The number of alkyl carbamates (subject to hydrolysis) is 1. The number of hydrogen-bond donors (Lipinski definition) is 3. The summed E-state index contributed by atoms with van der Waals surface area (Å²) in [7, 11) is 0. The van der Waals surface area contributed by atoms with Crippen molar-refractivity contribution in [1.82, 2.24) is 5.32 Å². The lowest BCUT2D eigenvalue weighted by Gasteiger charge is -2.26. The Bertz CT molecular complexity index is 509. The van der Waals surface area contributed by atoms with Crippen LogP contribution in [0.4, 0.5) is 4.79 Å². The molecule has 1 rings (SSSR count). The van der Waals surface area contributed by atoms with Crippen molar-refractivity contribution in [1.29, 1.82) is 0 Å². The van der Waals surface area contributed by atoms with Crippen LogP contribution in [-0.4, -0.2) is 45.9 Å². The van der Waals surface area contributed by atoms with E-state index in [9.17, 15) is 19.8 Å². The van der Waals surface area contributed by atoms with Crippen LogP contribution in [-0.2, 0) is 4.74 Å². The highest BCUT2D eigenvalue weighted by atomic mass is 16.6. The van der Waals surface area contributed by atoms with Gasteiger partial charge in [0.05, 0.1) is 6.04 Å². The maximum absolute atomic E-state index is 12.1. The molecule has 1 aromatic rings. The Morgan fingerprint density at radius 3 is 2.18 bits per heavy atom. The fourth-order valence-electron chi connectivity index (χ4n) is 1.78. The summed E-state index contributed by atoms with van der Waals surface area (Å²) in [6.45, 7) is 6.61. The summed E-state index contributed by atoms with van der Waals surface area (Å²) < 4.78 is 5.06. The van der Waals surface area contributed by atoms with Crippen LogP contribution in [0.2, 0.25) is 0 Å². The van der Waals surface area contributed by atoms with Gasteiger partial charge in [-0.25, -0.2) is 4.79 Å². The number of ether oxygens (including phenoxy) is 1. The summed E-state index contributed by atoms with van der Waals surface area (Å²) >= 11 is 0. The third kappa shape index (κ3) is 5.46. The Balaban J connectivity index is 2.64. The van der Waals surface area contributed by atoms with Crippen molar-refractivity contribution in [2.24, 2.45) is 0 Å². The molecule has 1 amide bonds. The summed E-state index contributed by atoms with van der Waals surface area (Å²) in [5, 5.41) is 22.4. The molecule has 0 aromatic heterocycles. The van der Waals surface area contributed by atoms with Crippen molar-refractivity contribution in [2.75, 3.05) is 0 Å². The molecule has 6 heteroatoms. The first-order valence-electron chi connectivity index (χ1n) is 7.06. The molecule has 0 radical (unpaired) electrons. The molecule has 6 nitrogen and oxygen atoms in total. The zero-order valence-corrected chi connectivity index (χ0v) is 13.2. The Morgan fingerprint density at radius 2 is 1.68 bits per heavy atom. The first kappa shape index (κ1) is 18.1. The molecule has 0 saturated heterocycles. The van der Waals surface area contributed by atoms with Gasteiger partial charge in [-0.05, 0) is 27.7 Å². The average molecular weight is 309 g/mol. The van der Waals surface area contributed by atoms with Gasteiger partial charge in [-0.15, -0.1) is 0 Å². The van der Waals surface area contributed by atoms with Crippen LogP contribution in [0.5, 0.6) is 0 Å². The molecular formula is C16H23NO5. The molecule has 0 spiro atoms. The van der Waals surface area contributed by atoms with Gasteiger partial charge in [0.15, 0.2) is 5.78 Å². The number of amides is 1. The van der Waals surface area contributed by atoms with E-state index in [0.29, 0.717) is 5.56 Å². The molecule has 3 N–H and O–H groups in total. The Morgan fingerprint density at radius 1 is 1.14 bits per heavy atom. The van der Waals surface area contributed by atoms with Gasteiger partial charge in [0.1, 0.15) is 17.8 Å². The van der Waals surface area contributed by atoms with Gasteiger partial charge < -0.3 is 20.3 Å². The minimum atomic E-state index is -1.63. The predicted octanol–water partition coefficient (Wildman–Crippen LogP) is 1.50. The maximum Gasteiger partial charge on any atom is 0.407 e. The van der Waals surface area contributed by atoms with Crippen molar-refractivity contribution >= 4 is 11.9 Å². The van der Waals surface area contributed by atoms with Gasteiger partial charge in [0, 0.05) is 5.56 Å². The van der Waals surface area contributed by atoms with Gasteiger partial charge in [-0.3, -0.25) is 4.79 Å². The number of aliphatic hydroxyl groups excluding tert-OH is 2. The highest BCUT2D eigenvalue weighted by molar-refractivity contribution is 5.99. The van der Waals surface area contributed by atoms with Crippen molar-refractivity contribution in [3.05, 3.63) is 35.9 Å². The van der Waals surface area contributed by atoms with E-state index in [4.69, 9.17) is 4.74 Å². The first-order valence-corrected chi connectivity index (χ1v) is 7.06. The minimum Gasteiger partial charge on any atom is -0.444 e. The molecular weight excluding hydrogens is 286 g/mol. The van der Waals surface area contributed by atoms with E-state index in [-0.39, 0.29) is 0 Å². The minimum absolute atomic E-state index is 0.290. The number of rotatable bonds is 5. The molecule has 0 saturated carbocycles. The van der Waals surface area contributed by atoms with E-state index in [1.54, 1.807) is 51.1 Å². The number of nitrogens with one attached hydrogen (secondary N) is 1. The number of Topliss-reactive ketones (excluding diaryl/α,β-unsaturated/α-hetero) is 1. The molecule has 1 aromatic carbocycles. The van der Waals surface area contributed by atoms with Gasteiger partial charge in [0.25, 0.3) is 0 Å². The second-order valence-corrected chi connectivity index (χ2v) is 6.10. The van der Waals surface area contributed by atoms with E-state index < -0.39 is 35.7 Å². The Labute approximate surface area is 130 Å². The lowest BCUT2D eigenvalue weighted by Crippen LogP contribution is -2.50. The monoisotopic (exact) mass is 309 g/mol. The maximum atomic E-state index is 12.1. The lowest BCUT2D eigenvalue weighted by atomic mass is 9.98. The van der Waals surface area contributed by atoms with Crippen molar-refractivity contribution in [3.8, 4) is 0 Å². The quantitative estimate of drug-likeness (QED) is 0.716. The topological polar surface area (TPSA) is 95.9 Å². The number of carbonyl (C=O) groups excluding carboxylic acids is 2. The van der Waals surface area contributed by atoms with Crippen molar-refractivity contribution < 1.29 is 24.5 Å². The molecule has 0 bridgehead atoms. The largest absolute Gasteiger partial charge is 0.444 e. The molecule has 0 aliphatic heterocycles. The molecule has 1 unspecified atom stereocenters. The van der Waals surface area contributed by atoms with Crippen LogP contribution in [0.25, 0.3) is 0 Å². The number of aliphatic hydroxyl groups is 2. The summed E-state index contributed by atoms with van der Waals surface area (Å²) in [6.07, 6.45) is -3.80.